The molecule has 0 aromatic heterocycles. The van der Waals surface area contributed by atoms with Gasteiger partial charge in [-0.25, -0.2) is 0 Å². The first-order chi connectivity index (χ1) is 8.43. The van der Waals surface area contributed by atoms with Crippen LogP contribution in [0.25, 0.3) is 0 Å². The second kappa shape index (κ2) is 4.61. The smallest absolute Gasteiger partial charge is 0.245 e. The Hall–Kier alpha value is -1.55. The van der Waals surface area contributed by atoms with Gasteiger partial charge in [-0.05, 0) is 38.5 Å². The van der Waals surface area contributed by atoms with E-state index in [4.69, 9.17) is 5.73 Å². The second-order valence-electron chi connectivity index (χ2n) is 5.35. The number of amides is 1. The molecule has 1 atom stereocenters. The number of carbonyl (C=O) groups excluding carboxylic acids is 1. The van der Waals surface area contributed by atoms with Gasteiger partial charge >= 0.3 is 0 Å². The van der Waals surface area contributed by atoms with Crippen LogP contribution in [0.1, 0.15) is 32.4 Å². The van der Waals surface area contributed by atoms with Gasteiger partial charge in [-0.15, -0.1) is 0 Å². The van der Waals surface area contributed by atoms with E-state index in [1.165, 1.54) is 0 Å². The van der Waals surface area contributed by atoms with E-state index in [-0.39, 0.29) is 11.9 Å². The highest BCUT2D eigenvalue weighted by Crippen LogP contribution is 2.27. The van der Waals surface area contributed by atoms with E-state index in [9.17, 15) is 4.79 Å². The van der Waals surface area contributed by atoms with Gasteiger partial charge in [0.1, 0.15) is 5.54 Å². The molecular weight excluding hydrogens is 226 g/mol. The lowest BCUT2D eigenvalue weighted by Gasteiger charge is -2.42. The minimum atomic E-state index is -0.506. The van der Waals surface area contributed by atoms with Gasteiger partial charge < -0.3 is 16.0 Å². The van der Waals surface area contributed by atoms with Gasteiger partial charge in [-0.3, -0.25) is 4.79 Å². The molecule has 0 unspecified atom stereocenters. The monoisotopic (exact) mass is 247 g/mol. The number of hydrogen-bond donors (Lipinski definition) is 2. The minimum Gasteiger partial charge on any atom is -0.356 e. The van der Waals surface area contributed by atoms with Gasteiger partial charge in [-0.1, -0.05) is 12.1 Å². The zero-order chi connectivity index (χ0) is 13.3. The van der Waals surface area contributed by atoms with Crippen molar-refractivity contribution in [3.8, 4) is 0 Å². The van der Waals surface area contributed by atoms with Crippen molar-refractivity contribution in [3.05, 3.63) is 29.8 Å². The zero-order valence-corrected chi connectivity index (χ0v) is 11.2. The molecule has 4 heteroatoms. The third-order valence-electron chi connectivity index (χ3n) is 3.58. The lowest BCUT2D eigenvalue weighted by atomic mass is 9.97. The number of hydrogen-bond acceptors (Lipinski definition) is 3. The lowest BCUT2D eigenvalue weighted by molar-refractivity contribution is -0.126. The van der Waals surface area contributed by atoms with Gasteiger partial charge in [-0.2, -0.15) is 0 Å². The predicted molar refractivity (Wildman–Crippen MR) is 73.5 cm³/mol. The topological polar surface area (TPSA) is 58.4 Å². The van der Waals surface area contributed by atoms with Crippen LogP contribution >= 0.6 is 0 Å². The van der Waals surface area contributed by atoms with Gasteiger partial charge in [0.25, 0.3) is 0 Å². The minimum absolute atomic E-state index is 0.0386. The Morgan fingerprint density at radius 3 is 2.50 bits per heavy atom. The molecule has 4 nitrogen and oxygen atoms in total. The fraction of sp³-hybridized carbons (Fsp3) is 0.500. The van der Waals surface area contributed by atoms with Crippen LogP contribution in [0.5, 0.6) is 0 Å². The first-order valence-electron chi connectivity index (χ1n) is 6.34. The first kappa shape index (κ1) is 12.9. The van der Waals surface area contributed by atoms with Gasteiger partial charge in [0, 0.05) is 24.8 Å². The molecule has 3 N–H and O–H groups in total. The third kappa shape index (κ3) is 2.20. The Labute approximate surface area is 108 Å². The molecular formula is C14H21N3O. The maximum atomic E-state index is 11.9. The van der Waals surface area contributed by atoms with E-state index >= 15 is 0 Å². The summed E-state index contributed by atoms with van der Waals surface area (Å²) in [4.78, 5) is 14.0. The Kier molecular flexibility index (Phi) is 3.30. The maximum Gasteiger partial charge on any atom is 0.245 e. The van der Waals surface area contributed by atoms with Crippen molar-refractivity contribution in [2.45, 2.75) is 32.4 Å². The molecule has 1 aromatic rings. The number of nitrogens with two attached hydrogens (primary N) is 1. The fourth-order valence-electron chi connectivity index (χ4n) is 2.31. The number of nitrogens with zero attached hydrogens (tertiary/aromatic N) is 1. The van der Waals surface area contributed by atoms with Gasteiger partial charge in [0.05, 0.1) is 0 Å². The van der Waals surface area contributed by atoms with Crippen LogP contribution in [0.3, 0.4) is 0 Å². The van der Waals surface area contributed by atoms with Gasteiger partial charge in [0.15, 0.2) is 0 Å². The summed E-state index contributed by atoms with van der Waals surface area (Å²) in [6.07, 6.45) is 0. The van der Waals surface area contributed by atoms with E-state index in [2.05, 4.69) is 10.2 Å². The molecule has 0 spiro atoms. The molecule has 1 amide bonds. The summed E-state index contributed by atoms with van der Waals surface area (Å²) in [6, 6.07) is 8.18. The van der Waals surface area contributed by atoms with Crippen molar-refractivity contribution in [2.24, 2.45) is 5.73 Å². The van der Waals surface area contributed by atoms with Crippen LogP contribution in [0, 0.1) is 0 Å². The molecule has 18 heavy (non-hydrogen) atoms. The van der Waals surface area contributed by atoms with Gasteiger partial charge in [0.2, 0.25) is 5.91 Å². The molecule has 1 aliphatic rings. The van der Waals surface area contributed by atoms with Crippen molar-refractivity contribution in [1.29, 1.82) is 0 Å². The summed E-state index contributed by atoms with van der Waals surface area (Å²) < 4.78 is 0. The summed E-state index contributed by atoms with van der Waals surface area (Å²) in [5.74, 6) is 0.0741. The molecule has 98 valence electrons. The molecule has 1 heterocycles. The standard InChI is InChI=1S/C14H21N3O/c1-10(15)11-4-6-12(7-5-11)17-9-8-16-13(18)14(17,2)3/h4-7,10H,8-9,15H2,1-3H3,(H,16,18)/t10-/m0/s1. The fourth-order valence-corrected chi connectivity index (χ4v) is 2.31. The number of nitrogens with one attached hydrogen (secondary N) is 1. The quantitative estimate of drug-likeness (QED) is 0.831. The molecule has 1 aliphatic heterocycles. The van der Waals surface area contributed by atoms with Crippen molar-refractivity contribution in [2.75, 3.05) is 18.0 Å². The van der Waals surface area contributed by atoms with Crippen LogP contribution in [0.2, 0.25) is 0 Å². The van der Waals surface area contributed by atoms with Crippen molar-refractivity contribution >= 4 is 11.6 Å². The molecule has 2 rings (SSSR count). The third-order valence-corrected chi connectivity index (χ3v) is 3.58. The van der Waals surface area contributed by atoms with Crippen LogP contribution in [-0.4, -0.2) is 24.5 Å². The number of piperazine rings is 1. The molecule has 1 saturated heterocycles. The number of anilines is 1. The van der Waals surface area contributed by atoms with Crippen molar-refractivity contribution in [1.82, 2.24) is 5.32 Å². The van der Waals surface area contributed by atoms with E-state index in [0.29, 0.717) is 6.54 Å². The number of rotatable bonds is 2. The Morgan fingerprint density at radius 1 is 1.33 bits per heavy atom. The van der Waals surface area contributed by atoms with E-state index in [1.54, 1.807) is 0 Å². The highest BCUT2D eigenvalue weighted by Gasteiger charge is 2.37. The average molecular weight is 247 g/mol. The van der Waals surface area contributed by atoms with Crippen LogP contribution in [0.15, 0.2) is 24.3 Å². The predicted octanol–water partition coefficient (Wildman–Crippen LogP) is 1.42. The molecule has 1 fully saturated rings. The Balaban J connectivity index is 2.27. The van der Waals surface area contributed by atoms with E-state index < -0.39 is 5.54 Å². The normalized spacial score (nSPS) is 20.4. The molecule has 0 aliphatic carbocycles. The summed E-state index contributed by atoms with van der Waals surface area (Å²) >= 11 is 0. The van der Waals surface area contributed by atoms with Crippen LogP contribution in [0.4, 0.5) is 5.69 Å². The van der Waals surface area contributed by atoms with Crippen LogP contribution in [-0.2, 0) is 4.79 Å². The molecule has 0 saturated carbocycles. The first-order valence-corrected chi connectivity index (χ1v) is 6.34. The zero-order valence-electron chi connectivity index (χ0n) is 11.2. The molecule has 0 radical (unpaired) electrons. The Morgan fingerprint density at radius 2 is 1.94 bits per heavy atom. The summed E-state index contributed by atoms with van der Waals surface area (Å²) in [7, 11) is 0. The number of carbonyl (C=O) groups is 1. The largest absolute Gasteiger partial charge is 0.356 e. The van der Waals surface area contributed by atoms with E-state index in [1.807, 2.05) is 45.0 Å². The molecule has 0 bridgehead atoms. The lowest BCUT2D eigenvalue weighted by Crippen LogP contribution is -2.62. The van der Waals surface area contributed by atoms with Crippen LogP contribution < -0.4 is 16.0 Å². The van der Waals surface area contributed by atoms with E-state index in [0.717, 1.165) is 17.8 Å². The second-order valence-corrected chi connectivity index (χ2v) is 5.35. The Bertz CT molecular complexity index is 437. The van der Waals surface area contributed by atoms with Crippen molar-refractivity contribution < 1.29 is 4.79 Å². The molecule has 1 aromatic carbocycles. The highest BCUT2D eigenvalue weighted by molar-refractivity contribution is 5.90. The summed E-state index contributed by atoms with van der Waals surface area (Å²) in [5.41, 5.74) is 7.51. The highest BCUT2D eigenvalue weighted by atomic mass is 16.2. The average Bonchev–Trinajstić information content (AvgIpc) is 2.33. The summed E-state index contributed by atoms with van der Waals surface area (Å²) in [6.45, 7) is 7.38. The maximum absolute atomic E-state index is 11.9. The van der Waals surface area contributed by atoms with Crippen molar-refractivity contribution in [3.63, 3.8) is 0 Å². The summed E-state index contributed by atoms with van der Waals surface area (Å²) in [5, 5.41) is 2.90. The number of benzene rings is 1. The SMILES string of the molecule is C[C@H](N)c1ccc(N2CCNC(=O)C2(C)C)cc1.